The van der Waals surface area contributed by atoms with Gasteiger partial charge in [-0.2, -0.15) is 0 Å². The second-order valence-electron chi connectivity index (χ2n) is 5.52. The molecule has 1 fully saturated rings. The molecular weight excluding hydrogens is 210 g/mol. The van der Waals surface area contributed by atoms with Gasteiger partial charge in [0.2, 0.25) is 5.95 Å². The van der Waals surface area contributed by atoms with Gasteiger partial charge in [0.15, 0.2) is 0 Å². The summed E-state index contributed by atoms with van der Waals surface area (Å²) in [7, 11) is 0. The van der Waals surface area contributed by atoms with Gasteiger partial charge in [0.05, 0.1) is 0 Å². The van der Waals surface area contributed by atoms with E-state index in [2.05, 4.69) is 28.7 Å². The third kappa shape index (κ3) is 3.18. The molecule has 1 saturated heterocycles. The van der Waals surface area contributed by atoms with Crippen molar-refractivity contribution in [3.8, 4) is 0 Å². The lowest BCUT2D eigenvalue weighted by molar-refractivity contribution is 0.492. The summed E-state index contributed by atoms with van der Waals surface area (Å²) in [5.74, 6) is 1.71. The smallest absolute Gasteiger partial charge is 0.225 e. The molecule has 94 valence electrons. The zero-order chi connectivity index (χ0) is 12.3. The Morgan fingerprint density at radius 2 is 2.06 bits per heavy atom. The molecule has 0 saturated carbocycles. The van der Waals surface area contributed by atoms with E-state index in [9.17, 15) is 0 Å². The first kappa shape index (κ1) is 12.3. The Kier molecular flexibility index (Phi) is 3.97. The summed E-state index contributed by atoms with van der Waals surface area (Å²) in [5, 5.41) is 0. The van der Waals surface area contributed by atoms with E-state index in [1.165, 1.54) is 25.7 Å². The summed E-state index contributed by atoms with van der Waals surface area (Å²) in [6.45, 7) is 7.74. The second-order valence-corrected chi connectivity index (χ2v) is 5.52. The molecule has 0 bridgehead atoms. The van der Waals surface area contributed by atoms with Gasteiger partial charge in [-0.3, -0.25) is 0 Å². The van der Waals surface area contributed by atoms with Crippen molar-refractivity contribution in [2.75, 3.05) is 11.4 Å². The fourth-order valence-electron chi connectivity index (χ4n) is 2.46. The SMILES string of the molecule is Cc1cnc(N2CCCC2CCC(C)C)nc1. The summed E-state index contributed by atoms with van der Waals surface area (Å²) in [5.41, 5.74) is 1.13. The molecule has 1 aliphatic rings. The van der Waals surface area contributed by atoms with E-state index in [1.54, 1.807) is 0 Å². The normalized spacial score (nSPS) is 20.2. The van der Waals surface area contributed by atoms with Crippen LogP contribution >= 0.6 is 0 Å². The summed E-state index contributed by atoms with van der Waals surface area (Å²) >= 11 is 0. The van der Waals surface area contributed by atoms with Gasteiger partial charge in [0, 0.05) is 25.0 Å². The van der Waals surface area contributed by atoms with Crippen LogP contribution in [0.3, 0.4) is 0 Å². The van der Waals surface area contributed by atoms with Gasteiger partial charge in [-0.05, 0) is 44.1 Å². The molecule has 0 amide bonds. The van der Waals surface area contributed by atoms with Crippen molar-refractivity contribution in [2.24, 2.45) is 5.92 Å². The highest BCUT2D eigenvalue weighted by Gasteiger charge is 2.26. The van der Waals surface area contributed by atoms with Gasteiger partial charge in [-0.25, -0.2) is 9.97 Å². The van der Waals surface area contributed by atoms with Crippen molar-refractivity contribution in [2.45, 2.75) is 52.5 Å². The average molecular weight is 233 g/mol. The quantitative estimate of drug-likeness (QED) is 0.799. The largest absolute Gasteiger partial charge is 0.338 e. The molecule has 2 rings (SSSR count). The number of nitrogens with zero attached hydrogens (tertiary/aromatic N) is 3. The van der Waals surface area contributed by atoms with E-state index >= 15 is 0 Å². The molecule has 1 aliphatic heterocycles. The van der Waals surface area contributed by atoms with Crippen LogP contribution < -0.4 is 4.90 Å². The predicted octanol–water partition coefficient (Wildman–Crippen LogP) is 3.19. The zero-order valence-electron chi connectivity index (χ0n) is 11.2. The minimum absolute atomic E-state index is 0.653. The van der Waals surface area contributed by atoms with Gasteiger partial charge in [0.25, 0.3) is 0 Å². The standard InChI is InChI=1S/C14H23N3/c1-11(2)6-7-13-5-4-8-17(13)14-15-9-12(3)10-16-14/h9-11,13H,4-8H2,1-3H3. The number of hydrogen-bond donors (Lipinski definition) is 0. The van der Waals surface area contributed by atoms with Crippen molar-refractivity contribution in [1.29, 1.82) is 0 Å². The third-order valence-corrected chi connectivity index (χ3v) is 3.48. The Hall–Kier alpha value is -1.12. The van der Waals surface area contributed by atoms with Gasteiger partial charge >= 0.3 is 0 Å². The minimum atomic E-state index is 0.653. The Morgan fingerprint density at radius 3 is 2.71 bits per heavy atom. The molecule has 17 heavy (non-hydrogen) atoms. The fraction of sp³-hybridized carbons (Fsp3) is 0.714. The van der Waals surface area contributed by atoms with Crippen LogP contribution in [0.15, 0.2) is 12.4 Å². The fourth-order valence-corrected chi connectivity index (χ4v) is 2.46. The maximum Gasteiger partial charge on any atom is 0.225 e. The Morgan fingerprint density at radius 1 is 1.35 bits per heavy atom. The lowest BCUT2D eigenvalue weighted by Gasteiger charge is -2.25. The summed E-state index contributed by atoms with van der Waals surface area (Å²) in [4.78, 5) is 11.3. The van der Waals surface area contributed by atoms with E-state index in [0.717, 1.165) is 24.0 Å². The number of anilines is 1. The number of aromatic nitrogens is 2. The highest BCUT2D eigenvalue weighted by atomic mass is 15.3. The van der Waals surface area contributed by atoms with Crippen molar-refractivity contribution in [1.82, 2.24) is 9.97 Å². The lowest BCUT2D eigenvalue weighted by Crippen LogP contribution is -2.31. The van der Waals surface area contributed by atoms with Crippen LogP contribution in [-0.2, 0) is 0 Å². The molecule has 1 aromatic rings. The van der Waals surface area contributed by atoms with Crippen molar-refractivity contribution in [3.05, 3.63) is 18.0 Å². The predicted molar refractivity (Wildman–Crippen MR) is 71.2 cm³/mol. The van der Waals surface area contributed by atoms with Crippen LogP contribution in [-0.4, -0.2) is 22.6 Å². The number of hydrogen-bond acceptors (Lipinski definition) is 3. The van der Waals surface area contributed by atoms with Crippen LogP contribution in [0.5, 0.6) is 0 Å². The highest BCUT2D eigenvalue weighted by molar-refractivity contribution is 5.33. The Labute approximate surface area is 104 Å². The highest BCUT2D eigenvalue weighted by Crippen LogP contribution is 2.26. The van der Waals surface area contributed by atoms with Crippen LogP contribution in [0.1, 0.15) is 45.1 Å². The van der Waals surface area contributed by atoms with E-state index in [1.807, 2.05) is 19.3 Å². The first-order chi connectivity index (χ1) is 8.16. The number of aryl methyl sites for hydroxylation is 1. The first-order valence-electron chi connectivity index (χ1n) is 6.72. The molecule has 3 heteroatoms. The summed E-state index contributed by atoms with van der Waals surface area (Å²) in [6, 6.07) is 0.653. The third-order valence-electron chi connectivity index (χ3n) is 3.48. The maximum absolute atomic E-state index is 4.45. The van der Waals surface area contributed by atoms with Crippen LogP contribution in [0.4, 0.5) is 5.95 Å². The zero-order valence-corrected chi connectivity index (χ0v) is 11.2. The van der Waals surface area contributed by atoms with Crippen LogP contribution in [0.2, 0.25) is 0 Å². The molecule has 1 unspecified atom stereocenters. The van der Waals surface area contributed by atoms with Crippen molar-refractivity contribution in [3.63, 3.8) is 0 Å². The molecule has 0 aromatic carbocycles. The molecule has 0 spiro atoms. The van der Waals surface area contributed by atoms with E-state index in [4.69, 9.17) is 0 Å². The van der Waals surface area contributed by atoms with Crippen LogP contribution in [0.25, 0.3) is 0 Å². The maximum atomic E-state index is 4.45. The number of rotatable bonds is 4. The summed E-state index contributed by atoms with van der Waals surface area (Å²) < 4.78 is 0. The molecule has 0 radical (unpaired) electrons. The lowest BCUT2D eigenvalue weighted by atomic mass is 10.0. The monoisotopic (exact) mass is 233 g/mol. The Bertz CT molecular complexity index is 345. The van der Waals surface area contributed by atoms with Crippen molar-refractivity contribution < 1.29 is 0 Å². The Balaban J connectivity index is 2.01. The molecule has 0 aliphatic carbocycles. The van der Waals surface area contributed by atoms with Gasteiger partial charge in [-0.1, -0.05) is 13.8 Å². The topological polar surface area (TPSA) is 29.0 Å². The summed E-state index contributed by atoms with van der Waals surface area (Å²) in [6.07, 6.45) is 8.98. The van der Waals surface area contributed by atoms with Gasteiger partial charge < -0.3 is 4.90 Å². The van der Waals surface area contributed by atoms with Gasteiger partial charge in [0.1, 0.15) is 0 Å². The van der Waals surface area contributed by atoms with Crippen molar-refractivity contribution >= 4 is 5.95 Å². The van der Waals surface area contributed by atoms with Crippen LogP contribution in [0, 0.1) is 12.8 Å². The first-order valence-corrected chi connectivity index (χ1v) is 6.72. The van der Waals surface area contributed by atoms with E-state index in [0.29, 0.717) is 6.04 Å². The van der Waals surface area contributed by atoms with E-state index < -0.39 is 0 Å². The van der Waals surface area contributed by atoms with Gasteiger partial charge in [-0.15, -0.1) is 0 Å². The molecule has 1 aromatic heterocycles. The molecule has 3 nitrogen and oxygen atoms in total. The second kappa shape index (κ2) is 5.48. The average Bonchev–Trinajstić information content (AvgIpc) is 2.75. The molecule has 1 atom stereocenters. The molecule has 2 heterocycles. The molecular formula is C14H23N3. The van der Waals surface area contributed by atoms with E-state index in [-0.39, 0.29) is 0 Å². The molecule has 0 N–H and O–H groups in total. The minimum Gasteiger partial charge on any atom is -0.338 e.